The first kappa shape index (κ1) is 53.5. The van der Waals surface area contributed by atoms with E-state index in [1.54, 1.807) is 107 Å². The number of nitrogens with zero attached hydrogens (tertiary/aromatic N) is 7. The van der Waals surface area contributed by atoms with Crippen molar-refractivity contribution >= 4 is 41.5 Å². The molecule has 1 atom stereocenters. The van der Waals surface area contributed by atoms with Crippen LogP contribution in [0.15, 0.2) is 174 Å². The molecule has 410 valence electrons. The third-order valence-corrected chi connectivity index (χ3v) is 15.5. The maximum absolute atomic E-state index is 15.3. The van der Waals surface area contributed by atoms with E-state index in [-0.39, 0.29) is 73.5 Å². The van der Waals surface area contributed by atoms with E-state index in [9.17, 15) is 41.1 Å². The smallest absolute Gasteiger partial charge is 0.369 e. The average Bonchev–Trinajstić information content (AvgIpc) is 4.13. The standard InChI is InChI=1S/C62H52F5N9O5/c1-38(77)72-27-29-73(30-28-72)55(79)53-32-40(36-76-56(80)60(70-58(76)68,46-16-20-50(63)21-17-46)47-18-22-51(64)23-19-47)13-24-52(53)42-8-6-12-48(33-42)61(45-10-3-2-4-11-45)57(81)75(59(69)71-61)35-39-7-5-9-43(31-39)54(78)74-26-25-41-14-15-49(62(65,66)67)34-44(41)37-74/h2-24,31-34H,25-30,35-37H2,1H3,(H2,68,70)(H2,69,71). The van der Waals surface area contributed by atoms with Crippen molar-refractivity contribution in [1.82, 2.24) is 24.5 Å². The Morgan fingerprint density at radius 1 is 0.543 bits per heavy atom. The molecule has 4 aliphatic rings. The molecule has 7 aromatic carbocycles. The molecule has 0 radical (unpaired) electrons. The number of alkyl halides is 3. The number of halogens is 5. The second kappa shape index (κ2) is 20.9. The Morgan fingerprint density at radius 3 is 1.70 bits per heavy atom. The third kappa shape index (κ3) is 9.82. The van der Waals surface area contributed by atoms with Crippen LogP contribution < -0.4 is 11.5 Å². The SMILES string of the molecule is CC(=O)N1CCN(C(=O)c2cc(CN3C(=O)C(c4ccc(F)cc4)(c4ccc(F)cc4)N=C3N)ccc2-c2cccc(C3(c4ccccc4)N=C(N)N(Cc4cccc(C(=O)N5CCc6ccc(C(F)(F)F)cc6C5)c4)C3=O)c2)CC1. The molecule has 1 saturated heterocycles. The first-order chi connectivity index (χ1) is 38.8. The summed E-state index contributed by atoms with van der Waals surface area (Å²) in [6, 6.07) is 41.8. The molecule has 81 heavy (non-hydrogen) atoms. The molecule has 1 unspecified atom stereocenters. The number of piperazine rings is 1. The summed E-state index contributed by atoms with van der Waals surface area (Å²) in [5.41, 5.74) is 14.2. The summed E-state index contributed by atoms with van der Waals surface area (Å²) < 4.78 is 69.4. The van der Waals surface area contributed by atoms with Crippen molar-refractivity contribution < 1.29 is 45.9 Å². The first-order valence-electron chi connectivity index (χ1n) is 26.1. The highest BCUT2D eigenvalue weighted by Gasteiger charge is 2.52. The van der Waals surface area contributed by atoms with Gasteiger partial charge in [0.1, 0.15) is 11.6 Å². The number of carbonyl (C=O) groups excluding carboxylic acids is 5. The van der Waals surface area contributed by atoms with Crippen LogP contribution in [0.5, 0.6) is 0 Å². The Bertz CT molecular complexity index is 3690. The van der Waals surface area contributed by atoms with Crippen molar-refractivity contribution in [3.05, 3.63) is 237 Å². The zero-order valence-electron chi connectivity index (χ0n) is 43.7. The topological polar surface area (TPSA) is 178 Å². The summed E-state index contributed by atoms with van der Waals surface area (Å²) in [5.74, 6) is -3.34. The van der Waals surface area contributed by atoms with E-state index >= 15 is 4.79 Å². The van der Waals surface area contributed by atoms with Gasteiger partial charge in [-0.2, -0.15) is 13.2 Å². The maximum atomic E-state index is 15.3. The van der Waals surface area contributed by atoms with Gasteiger partial charge in [0.2, 0.25) is 5.91 Å². The molecule has 1 fully saturated rings. The molecular weight excluding hydrogens is 1050 g/mol. The molecule has 0 spiro atoms. The maximum Gasteiger partial charge on any atom is 0.416 e. The van der Waals surface area contributed by atoms with Crippen molar-refractivity contribution in [3.8, 4) is 11.1 Å². The summed E-state index contributed by atoms with van der Waals surface area (Å²) in [6.45, 7) is 2.57. The molecule has 0 aromatic heterocycles. The van der Waals surface area contributed by atoms with E-state index in [0.29, 0.717) is 76.1 Å². The van der Waals surface area contributed by atoms with E-state index < -0.39 is 46.3 Å². The number of benzene rings is 7. The molecule has 4 N–H and O–H groups in total. The molecule has 0 saturated carbocycles. The Labute approximate surface area is 462 Å². The van der Waals surface area contributed by atoms with Gasteiger partial charge in [0.25, 0.3) is 23.6 Å². The fraction of sp³-hybridized carbons (Fsp3) is 0.210. The van der Waals surface area contributed by atoms with Crippen molar-refractivity contribution in [2.75, 3.05) is 32.7 Å². The van der Waals surface area contributed by atoms with Crippen molar-refractivity contribution in [2.24, 2.45) is 21.5 Å². The lowest BCUT2D eigenvalue weighted by molar-refractivity contribution is -0.137. The van der Waals surface area contributed by atoms with E-state index in [1.165, 1.54) is 76.2 Å². The second-order valence-electron chi connectivity index (χ2n) is 20.4. The number of hydrogen-bond acceptors (Lipinski definition) is 9. The molecule has 0 aliphatic carbocycles. The van der Waals surface area contributed by atoms with Gasteiger partial charge < -0.3 is 26.2 Å². The number of amides is 5. The number of aliphatic imine (C=N–C) groups is 2. The van der Waals surface area contributed by atoms with Gasteiger partial charge in [-0.05, 0) is 123 Å². The third-order valence-electron chi connectivity index (χ3n) is 15.5. The molecular formula is C62H52F5N9O5. The summed E-state index contributed by atoms with van der Waals surface area (Å²) >= 11 is 0. The predicted octanol–water partition coefficient (Wildman–Crippen LogP) is 8.35. The van der Waals surface area contributed by atoms with Gasteiger partial charge >= 0.3 is 6.18 Å². The van der Waals surface area contributed by atoms with Gasteiger partial charge in [-0.1, -0.05) is 103 Å². The van der Waals surface area contributed by atoms with Crippen molar-refractivity contribution in [1.29, 1.82) is 0 Å². The fourth-order valence-corrected chi connectivity index (χ4v) is 11.3. The Hall–Kier alpha value is -9.52. The summed E-state index contributed by atoms with van der Waals surface area (Å²) in [6.07, 6.45) is -4.15. The Kier molecular flexibility index (Phi) is 13.8. The highest BCUT2D eigenvalue weighted by atomic mass is 19.4. The van der Waals surface area contributed by atoms with E-state index in [0.717, 1.165) is 17.7 Å². The normalized spacial score (nSPS) is 18.0. The zero-order chi connectivity index (χ0) is 57.0. The lowest BCUT2D eigenvalue weighted by atomic mass is 9.81. The van der Waals surface area contributed by atoms with Gasteiger partial charge in [-0.15, -0.1) is 0 Å². The van der Waals surface area contributed by atoms with E-state index in [1.807, 2.05) is 0 Å². The van der Waals surface area contributed by atoms with Crippen LogP contribution in [0.3, 0.4) is 0 Å². The van der Waals surface area contributed by atoms with Crippen LogP contribution in [0.4, 0.5) is 22.0 Å². The van der Waals surface area contributed by atoms with Crippen LogP contribution in [0.25, 0.3) is 11.1 Å². The van der Waals surface area contributed by atoms with Crippen LogP contribution >= 0.6 is 0 Å². The Balaban J connectivity index is 0.918. The lowest BCUT2D eigenvalue weighted by Crippen LogP contribution is -2.50. The minimum Gasteiger partial charge on any atom is -0.369 e. The van der Waals surface area contributed by atoms with E-state index in [2.05, 4.69) is 4.99 Å². The minimum atomic E-state index is -4.53. The lowest BCUT2D eigenvalue weighted by Gasteiger charge is -2.34. The molecule has 5 amide bonds. The average molecular weight is 1100 g/mol. The number of hydrogen-bond donors (Lipinski definition) is 2. The van der Waals surface area contributed by atoms with Crippen molar-refractivity contribution in [3.63, 3.8) is 0 Å². The number of guanidine groups is 2. The highest BCUT2D eigenvalue weighted by molar-refractivity contribution is 6.10. The van der Waals surface area contributed by atoms with Crippen LogP contribution in [0.1, 0.15) is 77.7 Å². The quantitative estimate of drug-likeness (QED) is 0.122. The molecule has 19 heteroatoms. The summed E-state index contributed by atoms with van der Waals surface area (Å²) in [7, 11) is 0. The number of fused-ring (bicyclic) bond motifs is 1. The van der Waals surface area contributed by atoms with Crippen LogP contribution in [0, 0.1) is 11.6 Å². The monoisotopic (exact) mass is 1100 g/mol. The summed E-state index contributed by atoms with van der Waals surface area (Å²) in [5, 5.41) is 0. The molecule has 0 bridgehead atoms. The largest absolute Gasteiger partial charge is 0.416 e. The van der Waals surface area contributed by atoms with E-state index in [4.69, 9.17) is 16.5 Å². The molecule has 14 nitrogen and oxygen atoms in total. The minimum absolute atomic E-state index is 0.00615. The summed E-state index contributed by atoms with van der Waals surface area (Å²) in [4.78, 5) is 88.5. The van der Waals surface area contributed by atoms with Gasteiger partial charge in [-0.25, -0.2) is 18.8 Å². The van der Waals surface area contributed by atoms with Gasteiger partial charge in [0.05, 0.1) is 18.7 Å². The fourth-order valence-electron chi connectivity index (χ4n) is 11.3. The Morgan fingerprint density at radius 2 is 1.10 bits per heavy atom. The van der Waals surface area contributed by atoms with Crippen LogP contribution in [0.2, 0.25) is 0 Å². The van der Waals surface area contributed by atoms with Gasteiger partial charge in [0, 0.05) is 57.3 Å². The molecule has 7 aromatic rings. The number of nitrogens with two attached hydrogens (primary N) is 2. The second-order valence-corrected chi connectivity index (χ2v) is 20.4. The van der Waals surface area contributed by atoms with Crippen LogP contribution in [-0.2, 0) is 57.7 Å². The number of rotatable bonds is 11. The molecule has 11 rings (SSSR count). The first-order valence-corrected chi connectivity index (χ1v) is 26.1. The molecule has 4 aliphatic heterocycles. The zero-order valence-corrected chi connectivity index (χ0v) is 43.7. The van der Waals surface area contributed by atoms with Crippen LogP contribution in [-0.4, -0.2) is 98.7 Å². The predicted molar refractivity (Wildman–Crippen MR) is 292 cm³/mol. The number of carbonyl (C=O) groups is 5. The van der Waals surface area contributed by atoms with Gasteiger partial charge in [0.15, 0.2) is 23.0 Å². The van der Waals surface area contributed by atoms with Gasteiger partial charge in [-0.3, -0.25) is 33.8 Å². The van der Waals surface area contributed by atoms with Crippen molar-refractivity contribution in [2.45, 2.75) is 50.2 Å². The highest BCUT2D eigenvalue weighted by Crippen LogP contribution is 2.44. The molecule has 4 heterocycles.